The van der Waals surface area contributed by atoms with Crippen LogP contribution in [0.2, 0.25) is 0 Å². The molecular weight excluding hydrogens is 520 g/mol. The number of anilines is 1. The van der Waals surface area contributed by atoms with Gasteiger partial charge in [0.25, 0.3) is 18.2 Å². The van der Waals surface area contributed by atoms with Crippen molar-refractivity contribution in [3.8, 4) is 5.75 Å². The summed E-state index contributed by atoms with van der Waals surface area (Å²) in [5, 5.41) is 2.99. The fourth-order valence-corrected chi connectivity index (χ4v) is 4.48. The van der Waals surface area contributed by atoms with Crippen molar-refractivity contribution in [2.75, 3.05) is 5.32 Å². The summed E-state index contributed by atoms with van der Waals surface area (Å²) in [5.74, 6) is -0.428. The van der Waals surface area contributed by atoms with Crippen molar-refractivity contribution in [3.63, 3.8) is 0 Å². The number of carbonyl (C=O) groups excluding carboxylic acids is 2. The highest BCUT2D eigenvalue weighted by atomic mass is 79.9. The van der Waals surface area contributed by atoms with Crippen LogP contribution in [0.4, 0.5) is 14.5 Å². The van der Waals surface area contributed by atoms with E-state index in [-0.39, 0.29) is 27.8 Å². The third kappa shape index (κ3) is 4.88. The van der Waals surface area contributed by atoms with E-state index in [1.807, 2.05) is 12.1 Å². The van der Waals surface area contributed by atoms with Crippen LogP contribution in [0.1, 0.15) is 43.7 Å². The van der Waals surface area contributed by atoms with E-state index in [2.05, 4.69) is 26.2 Å². The molecule has 3 aromatic heterocycles. The Kier molecular flexibility index (Phi) is 6.43. The second kappa shape index (κ2) is 9.28. The minimum absolute atomic E-state index is 0.00529. The maximum atomic E-state index is 13.1. The van der Waals surface area contributed by atoms with Gasteiger partial charge in [-0.25, -0.2) is 13.8 Å². The number of benzene rings is 1. The quantitative estimate of drug-likeness (QED) is 0.309. The molecule has 7 nitrogen and oxygen atoms in total. The van der Waals surface area contributed by atoms with E-state index in [0.717, 1.165) is 15.8 Å². The molecule has 4 rings (SSSR count). The van der Waals surface area contributed by atoms with E-state index in [9.17, 15) is 18.4 Å². The second-order valence-corrected chi connectivity index (χ2v) is 8.89. The third-order valence-corrected chi connectivity index (χ3v) is 6.27. The number of aromatic nitrogens is 1. The van der Waals surface area contributed by atoms with Gasteiger partial charge in [-0.05, 0) is 55.0 Å². The summed E-state index contributed by atoms with van der Waals surface area (Å²) in [6, 6.07) is 11.5. The molecule has 2 amide bonds. The lowest BCUT2D eigenvalue weighted by Crippen LogP contribution is -2.16. The van der Waals surface area contributed by atoms with E-state index in [0.29, 0.717) is 22.5 Å². The summed E-state index contributed by atoms with van der Waals surface area (Å²) in [7, 11) is 0. The maximum Gasteiger partial charge on any atom is 0.291 e. The molecule has 1 aromatic carbocycles. The van der Waals surface area contributed by atoms with Crippen LogP contribution in [0.25, 0.3) is 10.2 Å². The highest BCUT2D eigenvalue weighted by Crippen LogP contribution is 2.38. The molecule has 0 bridgehead atoms. The van der Waals surface area contributed by atoms with Gasteiger partial charge in [-0.3, -0.25) is 9.59 Å². The first kappa shape index (κ1) is 22.9. The number of fused-ring (bicyclic) bond motifs is 1. The molecule has 170 valence electrons. The van der Waals surface area contributed by atoms with Crippen molar-refractivity contribution in [1.29, 1.82) is 0 Å². The molecule has 0 fully saturated rings. The van der Waals surface area contributed by atoms with Crippen LogP contribution in [-0.2, 0) is 6.61 Å². The van der Waals surface area contributed by atoms with E-state index in [4.69, 9.17) is 14.9 Å². The molecule has 4 aromatic rings. The number of halogens is 3. The molecule has 0 aliphatic carbocycles. The zero-order chi connectivity index (χ0) is 23.7. The molecule has 3 heterocycles. The van der Waals surface area contributed by atoms with Gasteiger partial charge in [-0.2, -0.15) is 0 Å². The fourth-order valence-electron chi connectivity index (χ4n) is 3.15. The monoisotopic (exact) mass is 535 g/mol. The molecule has 0 aliphatic rings. The van der Waals surface area contributed by atoms with Crippen molar-refractivity contribution in [2.45, 2.75) is 20.0 Å². The molecule has 0 spiro atoms. The van der Waals surface area contributed by atoms with E-state index in [1.165, 1.54) is 12.1 Å². The number of hydrogen-bond donors (Lipinski definition) is 2. The number of rotatable bonds is 7. The van der Waals surface area contributed by atoms with Gasteiger partial charge in [-0.15, -0.1) is 11.3 Å². The van der Waals surface area contributed by atoms with E-state index in [1.54, 1.807) is 25.1 Å². The summed E-state index contributed by atoms with van der Waals surface area (Å²) in [6.45, 7) is 1.69. The molecule has 3 N–H and O–H groups in total. The molecule has 33 heavy (non-hydrogen) atoms. The van der Waals surface area contributed by atoms with Crippen LogP contribution in [0.5, 0.6) is 5.75 Å². The van der Waals surface area contributed by atoms with E-state index < -0.39 is 23.9 Å². The van der Waals surface area contributed by atoms with Crippen molar-refractivity contribution >= 4 is 55.0 Å². The number of furan rings is 1. The predicted octanol–water partition coefficient (Wildman–Crippen LogP) is 5.83. The van der Waals surface area contributed by atoms with Crippen LogP contribution in [0.15, 0.2) is 51.4 Å². The number of hydrogen-bond acceptors (Lipinski definition) is 6. The number of primary amides is 1. The van der Waals surface area contributed by atoms with Crippen molar-refractivity contribution in [2.24, 2.45) is 5.73 Å². The average molecular weight is 536 g/mol. The Morgan fingerprint density at radius 2 is 1.97 bits per heavy atom. The zero-order valence-corrected chi connectivity index (χ0v) is 19.4. The summed E-state index contributed by atoms with van der Waals surface area (Å²) >= 11 is 4.18. The number of amides is 2. The first-order chi connectivity index (χ1) is 15.7. The Bertz CT molecular complexity index is 1350. The lowest BCUT2D eigenvalue weighted by molar-refractivity contribution is 0.0992. The van der Waals surface area contributed by atoms with Gasteiger partial charge in [0.15, 0.2) is 5.76 Å². The molecule has 0 saturated heterocycles. The summed E-state index contributed by atoms with van der Waals surface area (Å²) in [4.78, 5) is 28.8. The van der Waals surface area contributed by atoms with Crippen molar-refractivity contribution in [1.82, 2.24) is 4.98 Å². The molecule has 0 saturated carbocycles. The summed E-state index contributed by atoms with van der Waals surface area (Å²) in [6.07, 6.45) is -2.77. The van der Waals surface area contributed by atoms with Gasteiger partial charge in [-0.1, -0.05) is 15.9 Å². The highest BCUT2D eigenvalue weighted by Gasteiger charge is 2.24. The van der Waals surface area contributed by atoms with Crippen LogP contribution < -0.4 is 15.8 Å². The van der Waals surface area contributed by atoms with Gasteiger partial charge in [0.05, 0.1) is 5.69 Å². The molecule has 0 radical (unpaired) electrons. The molecule has 0 atom stereocenters. The summed E-state index contributed by atoms with van der Waals surface area (Å²) in [5.41, 5.74) is 5.57. The Hall–Kier alpha value is -3.31. The molecule has 0 aliphatic heterocycles. The van der Waals surface area contributed by atoms with Crippen LogP contribution in [0, 0.1) is 6.92 Å². The first-order valence-corrected chi connectivity index (χ1v) is 11.1. The number of carbonyl (C=O) groups is 2. The predicted molar refractivity (Wildman–Crippen MR) is 123 cm³/mol. The minimum Gasteiger partial charge on any atom is -0.486 e. The molecular formula is C22H16BrF2N3O4S. The Labute approximate surface area is 198 Å². The fraction of sp³-hybridized carbons (Fsp3) is 0.136. The number of nitrogens with one attached hydrogen (secondary N) is 1. The number of alkyl halides is 2. The van der Waals surface area contributed by atoms with Gasteiger partial charge >= 0.3 is 0 Å². The number of nitrogens with zero attached hydrogens (tertiary/aromatic N) is 1. The number of thiophene rings is 1. The number of nitrogens with two attached hydrogens (primary N) is 1. The molecule has 0 unspecified atom stereocenters. The third-order valence-electron chi connectivity index (χ3n) is 4.65. The number of pyridine rings is 1. The maximum absolute atomic E-state index is 13.1. The van der Waals surface area contributed by atoms with E-state index >= 15 is 0 Å². The van der Waals surface area contributed by atoms with Gasteiger partial charge < -0.3 is 20.2 Å². The van der Waals surface area contributed by atoms with Gasteiger partial charge in [0.1, 0.15) is 33.5 Å². The standard InChI is InChI=1S/C22H16BrF2N3O4S/c1-10-8-14(19(24)25)27-22-16(10)17(18(33-22)20(26)29)28-21(30)15-7-6-13(32-15)9-31-12-4-2-11(23)3-5-12/h2-8,19H,9H2,1H3,(H2,26,29)(H,28,30). The van der Waals surface area contributed by atoms with Crippen LogP contribution >= 0.6 is 27.3 Å². The normalized spacial score (nSPS) is 11.2. The lowest BCUT2D eigenvalue weighted by atomic mass is 10.1. The van der Waals surface area contributed by atoms with Crippen molar-refractivity contribution < 1.29 is 27.5 Å². The lowest BCUT2D eigenvalue weighted by Gasteiger charge is -2.07. The van der Waals surface area contributed by atoms with Crippen LogP contribution in [0.3, 0.4) is 0 Å². The zero-order valence-electron chi connectivity index (χ0n) is 17.0. The SMILES string of the molecule is Cc1cc(C(F)F)nc2sc(C(N)=O)c(NC(=O)c3ccc(COc4ccc(Br)cc4)o3)c12. The average Bonchev–Trinajstić information content (AvgIpc) is 3.38. The number of aryl methyl sites for hydroxylation is 1. The molecule has 11 heteroatoms. The summed E-state index contributed by atoms with van der Waals surface area (Å²) < 4.78 is 38.3. The Morgan fingerprint density at radius 3 is 2.64 bits per heavy atom. The van der Waals surface area contributed by atoms with Crippen molar-refractivity contribution in [3.05, 3.63) is 74.6 Å². The first-order valence-electron chi connectivity index (χ1n) is 9.53. The Morgan fingerprint density at radius 1 is 1.24 bits per heavy atom. The van der Waals surface area contributed by atoms with Gasteiger partial charge in [0, 0.05) is 9.86 Å². The Balaban J connectivity index is 1.57. The van der Waals surface area contributed by atoms with Gasteiger partial charge in [0.2, 0.25) is 0 Å². The highest BCUT2D eigenvalue weighted by molar-refractivity contribution is 9.10. The smallest absolute Gasteiger partial charge is 0.291 e. The van der Waals surface area contributed by atoms with Crippen LogP contribution in [-0.4, -0.2) is 16.8 Å². The minimum atomic E-state index is -2.77. The number of ether oxygens (including phenoxy) is 1. The largest absolute Gasteiger partial charge is 0.486 e. The topological polar surface area (TPSA) is 107 Å². The second-order valence-electron chi connectivity index (χ2n) is 6.98.